The van der Waals surface area contributed by atoms with E-state index in [0.29, 0.717) is 0 Å². The van der Waals surface area contributed by atoms with Gasteiger partial charge in [-0.2, -0.15) is 0 Å². The van der Waals surface area contributed by atoms with Crippen molar-refractivity contribution in [2.75, 3.05) is 0 Å². The molecular formula is C16H18ClN. The Hall–Kier alpha value is -1.57. The Labute approximate surface area is 115 Å². The summed E-state index contributed by atoms with van der Waals surface area (Å²) in [6.45, 7) is 3.73. The summed E-state index contributed by atoms with van der Waals surface area (Å²) in [4.78, 5) is 0. The molecule has 0 aliphatic heterocycles. The molecule has 1 nitrogen and oxygen atoms in total. The molecule has 2 aromatic carbocycles. The standard InChI is InChI=1S/C16H17N.ClH/c1-2-7-16(17)15-11-6-10-14(12-15)13-8-4-3-5-9-13;/h2-6,8-12,16H,1,7,17H2;1H/t16-;/m1./s1. The SMILES string of the molecule is C=CC[C@@H](N)c1cccc(-c2ccccc2)c1.Cl. The molecule has 0 bridgehead atoms. The van der Waals surface area contributed by atoms with Gasteiger partial charge in [-0.1, -0.05) is 54.6 Å². The Bertz CT molecular complexity index is 493. The molecule has 0 aliphatic carbocycles. The van der Waals surface area contributed by atoms with Gasteiger partial charge in [-0.05, 0) is 29.2 Å². The van der Waals surface area contributed by atoms with Gasteiger partial charge in [0.15, 0.2) is 0 Å². The number of nitrogens with two attached hydrogens (primary N) is 1. The van der Waals surface area contributed by atoms with Crippen LogP contribution in [0.3, 0.4) is 0 Å². The van der Waals surface area contributed by atoms with Gasteiger partial charge in [0.25, 0.3) is 0 Å². The lowest BCUT2D eigenvalue weighted by Crippen LogP contribution is -2.08. The zero-order valence-electron chi connectivity index (χ0n) is 10.3. The highest BCUT2D eigenvalue weighted by molar-refractivity contribution is 5.85. The highest BCUT2D eigenvalue weighted by Crippen LogP contribution is 2.23. The molecule has 0 saturated carbocycles. The third-order valence-corrected chi connectivity index (χ3v) is 2.84. The van der Waals surface area contributed by atoms with Crippen molar-refractivity contribution in [2.24, 2.45) is 5.73 Å². The Balaban J connectivity index is 0.00000162. The average molecular weight is 260 g/mol. The van der Waals surface area contributed by atoms with Crippen LogP contribution in [0.5, 0.6) is 0 Å². The molecule has 0 unspecified atom stereocenters. The maximum atomic E-state index is 6.08. The van der Waals surface area contributed by atoms with Crippen molar-refractivity contribution in [2.45, 2.75) is 12.5 Å². The topological polar surface area (TPSA) is 26.0 Å². The molecule has 18 heavy (non-hydrogen) atoms. The van der Waals surface area contributed by atoms with Gasteiger partial charge < -0.3 is 5.73 Å². The smallest absolute Gasteiger partial charge is 0.0329 e. The Kier molecular flexibility index (Phi) is 5.63. The molecule has 0 saturated heterocycles. The first-order valence-corrected chi connectivity index (χ1v) is 5.83. The van der Waals surface area contributed by atoms with Crippen LogP contribution in [0.1, 0.15) is 18.0 Å². The minimum atomic E-state index is 0. The maximum Gasteiger partial charge on any atom is 0.0329 e. The van der Waals surface area contributed by atoms with Crippen molar-refractivity contribution in [1.29, 1.82) is 0 Å². The van der Waals surface area contributed by atoms with Crippen molar-refractivity contribution in [1.82, 2.24) is 0 Å². The summed E-state index contributed by atoms with van der Waals surface area (Å²) in [6.07, 6.45) is 2.66. The van der Waals surface area contributed by atoms with Crippen LogP contribution in [0.4, 0.5) is 0 Å². The van der Waals surface area contributed by atoms with Gasteiger partial charge in [0.2, 0.25) is 0 Å². The van der Waals surface area contributed by atoms with Crippen LogP contribution in [0.25, 0.3) is 11.1 Å². The van der Waals surface area contributed by atoms with Crippen molar-refractivity contribution in [3.63, 3.8) is 0 Å². The first-order valence-electron chi connectivity index (χ1n) is 5.83. The normalized spacial score (nSPS) is 11.4. The lowest BCUT2D eigenvalue weighted by atomic mass is 9.98. The van der Waals surface area contributed by atoms with Gasteiger partial charge in [0, 0.05) is 6.04 Å². The fourth-order valence-electron chi connectivity index (χ4n) is 1.90. The predicted octanol–water partition coefficient (Wildman–Crippen LogP) is 4.35. The number of hydrogen-bond acceptors (Lipinski definition) is 1. The van der Waals surface area contributed by atoms with E-state index in [0.717, 1.165) is 12.0 Å². The van der Waals surface area contributed by atoms with Gasteiger partial charge in [0.05, 0.1) is 0 Å². The van der Waals surface area contributed by atoms with Crippen molar-refractivity contribution < 1.29 is 0 Å². The second kappa shape index (κ2) is 7.00. The predicted molar refractivity (Wildman–Crippen MR) is 80.9 cm³/mol. The maximum absolute atomic E-state index is 6.08. The first kappa shape index (κ1) is 14.5. The number of hydrogen-bond donors (Lipinski definition) is 1. The van der Waals surface area contributed by atoms with Crippen LogP contribution >= 0.6 is 12.4 Å². The van der Waals surface area contributed by atoms with Crippen LogP contribution in [-0.2, 0) is 0 Å². The highest BCUT2D eigenvalue weighted by atomic mass is 35.5. The molecule has 0 spiro atoms. The Morgan fingerprint density at radius 3 is 2.33 bits per heavy atom. The fraction of sp³-hybridized carbons (Fsp3) is 0.125. The minimum Gasteiger partial charge on any atom is -0.324 e. The van der Waals surface area contributed by atoms with E-state index >= 15 is 0 Å². The molecular weight excluding hydrogens is 242 g/mol. The highest BCUT2D eigenvalue weighted by Gasteiger charge is 2.05. The van der Waals surface area contributed by atoms with Crippen LogP contribution in [0.2, 0.25) is 0 Å². The fourth-order valence-corrected chi connectivity index (χ4v) is 1.90. The largest absolute Gasteiger partial charge is 0.324 e. The minimum absolute atomic E-state index is 0. The van der Waals surface area contributed by atoms with Gasteiger partial charge in [-0.25, -0.2) is 0 Å². The summed E-state index contributed by atoms with van der Waals surface area (Å²) in [6, 6.07) is 18.8. The van der Waals surface area contributed by atoms with Crippen molar-refractivity contribution >= 4 is 12.4 Å². The van der Waals surface area contributed by atoms with Gasteiger partial charge in [-0.3, -0.25) is 0 Å². The van der Waals surface area contributed by atoms with Gasteiger partial charge in [-0.15, -0.1) is 19.0 Å². The third-order valence-electron chi connectivity index (χ3n) is 2.84. The second-order valence-corrected chi connectivity index (χ2v) is 4.12. The molecule has 2 heteroatoms. The molecule has 94 valence electrons. The molecule has 0 heterocycles. The van der Waals surface area contributed by atoms with E-state index < -0.39 is 0 Å². The zero-order valence-corrected chi connectivity index (χ0v) is 11.1. The van der Waals surface area contributed by atoms with Crippen LogP contribution in [-0.4, -0.2) is 0 Å². The van der Waals surface area contributed by atoms with E-state index in [1.807, 2.05) is 24.3 Å². The monoisotopic (exact) mass is 259 g/mol. The molecule has 0 radical (unpaired) electrons. The van der Waals surface area contributed by atoms with E-state index in [2.05, 4.69) is 43.0 Å². The van der Waals surface area contributed by atoms with Crippen LogP contribution < -0.4 is 5.73 Å². The summed E-state index contributed by atoms with van der Waals surface area (Å²) < 4.78 is 0. The molecule has 2 aromatic rings. The van der Waals surface area contributed by atoms with E-state index in [-0.39, 0.29) is 18.4 Å². The zero-order chi connectivity index (χ0) is 12.1. The van der Waals surface area contributed by atoms with Crippen molar-refractivity contribution in [3.8, 4) is 11.1 Å². The molecule has 2 N–H and O–H groups in total. The molecule has 2 rings (SSSR count). The molecule has 0 amide bonds. The Morgan fingerprint density at radius 2 is 1.67 bits per heavy atom. The summed E-state index contributed by atoms with van der Waals surface area (Å²) in [5.41, 5.74) is 9.67. The van der Waals surface area contributed by atoms with Crippen LogP contribution in [0, 0.1) is 0 Å². The Morgan fingerprint density at radius 1 is 1.00 bits per heavy atom. The number of halogens is 1. The summed E-state index contributed by atoms with van der Waals surface area (Å²) >= 11 is 0. The van der Waals surface area contributed by atoms with Gasteiger partial charge >= 0.3 is 0 Å². The van der Waals surface area contributed by atoms with Gasteiger partial charge in [0.1, 0.15) is 0 Å². The number of benzene rings is 2. The molecule has 0 aromatic heterocycles. The van der Waals surface area contributed by atoms with E-state index in [4.69, 9.17) is 5.73 Å². The van der Waals surface area contributed by atoms with Crippen LogP contribution in [0.15, 0.2) is 67.3 Å². The number of rotatable bonds is 4. The molecule has 1 atom stereocenters. The first-order chi connectivity index (χ1) is 8.31. The molecule has 0 fully saturated rings. The summed E-state index contributed by atoms with van der Waals surface area (Å²) in [7, 11) is 0. The van der Waals surface area contributed by atoms with E-state index in [1.54, 1.807) is 0 Å². The average Bonchev–Trinajstić information content (AvgIpc) is 2.40. The van der Waals surface area contributed by atoms with Crippen molar-refractivity contribution in [3.05, 3.63) is 72.8 Å². The lowest BCUT2D eigenvalue weighted by molar-refractivity contribution is 0.742. The quantitative estimate of drug-likeness (QED) is 0.812. The summed E-state index contributed by atoms with van der Waals surface area (Å²) in [5, 5.41) is 0. The second-order valence-electron chi connectivity index (χ2n) is 4.12. The summed E-state index contributed by atoms with van der Waals surface area (Å²) in [5.74, 6) is 0. The third kappa shape index (κ3) is 3.46. The van der Waals surface area contributed by atoms with E-state index in [9.17, 15) is 0 Å². The lowest BCUT2D eigenvalue weighted by Gasteiger charge is -2.11. The van der Waals surface area contributed by atoms with E-state index in [1.165, 1.54) is 11.1 Å². The molecule has 0 aliphatic rings.